The number of fused-ring (bicyclic) bond motifs is 1. The van der Waals surface area contributed by atoms with Crippen LogP contribution in [0.1, 0.15) is 12.0 Å². The summed E-state index contributed by atoms with van der Waals surface area (Å²) >= 11 is 6.07. The standard InChI is InChI=1S/C22H20ClNO7S/c1-29-16-5-7-18(31-3)19(10-16)32(27,28)22-11-20(25)24(22)12-14(21(22)26)8-13-9-15(23)4-6-17(13)30-2/h4-10H,11-12H2,1-3H3. The van der Waals surface area contributed by atoms with Gasteiger partial charge >= 0.3 is 0 Å². The van der Waals surface area contributed by atoms with Crippen molar-refractivity contribution in [2.75, 3.05) is 27.9 Å². The number of sulfone groups is 1. The number of β-lactam (4-membered cyclic amide) rings is 1. The van der Waals surface area contributed by atoms with E-state index in [0.717, 1.165) is 4.90 Å². The zero-order valence-corrected chi connectivity index (χ0v) is 19.1. The molecule has 10 heteroatoms. The number of ketones is 1. The number of ether oxygens (including phenoxy) is 3. The molecule has 0 aliphatic carbocycles. The Kier molecular flexibility index (Phi) is 5.42. The maximum absolute atomic E-state index is 13.8. The number of benzene rings is 2. The normalized spacial score (nSPS) is 21.4. The van der Waals surface area contributed by atoms with Crippen molar-refractivity contribution < 1.29 is 32.2 Å². The van der Waals surface area contributed by atoms with Crippen molar-refractivity contribution in [3.05, 3.63) is 52.6 Å². The lowest BCUT2D eigenvalue weighted by Gasteiger charge is -2.44. The van der Waals surface area contributed by atoms with Crippen molar-refractivity contribution in [3.8, 4) is 17.2 Å². The fraction of sp³-hybridized carbons (Fsp3) is 0.273. The molecule has 1 atom stereocenters. The lowest BCUT2D eigenvalue weighted by atomic mass is 9.99. The number of hydrogen-bond acceptors (Lipinski definition) is 7. The van der Waals surface area contributed by atoms with Gasteiger partial charge < -0.3 is 19.1 Å². The van der Waals surface area contributed by atoms with Crippen LogP contribution in [0.5, 0.6) is 17.2 Å². The zero-order valence-electron chi connectivity index (χ0n) is 17.5. The molecule has 168 valence electrons. The third-order valence-corrected chi connectivity index (χ3v) is 8.30. The van der Waals surface area contributed by atoms with Gasteiger partial charge in [0.05, 0.1) is 34.3 Å². The number of Topliss-reactive ketones (excluding diaryl/α,β-unsaturated/α-hetero) is 1. The first-order chi connectivity index (χ1) is 15.2. The second kappa shape index (κ2) is 7.83. The van der Waals surface area contributed by atoms with Gasteiger partial charge in [-0.1, -0.05) is 11.6 Å². The number of methoxy groups -OCH3 is 3. The maximum Gasteiger partial charge on any atom is 0.228 e. The van der Waals surface area contributed by atoms with Gasteiger partial charge in [0.25, 0.3) is 0 Å². The Morgan fingerprint density at radius 1 is 1.00 bits per heavy atom. The van der Waals surface area contributed by atoms with Gasteiger partial charge in [-0.2, -0.15) is 0 Å². The summed E-state index contributed by atoms with van der Waals surface area (Å²) in [5.74, 6) is -0.292. The second-order valence-corrected chi connectivity index (χ2v) is 9.90. The van der Waals surface area contributed by atoms with Gasteiger partial charge in [0, 0.05) is 22.2 Å². The van der Waals surface area contributed by atoms with Crippen molar-refractivity contribution >= 4 is 39.2 Å². The van der Waals surface area contributed by atoms with Crippen LogP contribution in [0.15, 0.2) is 46.9 Å². The summed E-state index contributed by atoms with van der Waals surface area (Å²) in [5.41, 5.74) is 0.673. The highest BCUT2D eigenvalue weighted by Gasteiger charge is 2.70. The van der Waals surface area contributed by atoms with E-state index in [4.69, 9.17) is 25.8 Å². The van der Waals surface area contributed by atoms with E-state index in [1.165, 1.54) is 39.5 Å². The smallest absolute Gasteiger partial charge is 0.228 e. The highest BCUT2D eigenvalue weighted by Crippen LogP contribution is 2.50. The van der Waals surface area contributed by atoms with E-state index in [-0.39, 0.29) is 28.5 Å². The van der Waals surface area contributed by atoms with E-state index in [9.17, 15) is 18.0 Å². The quantitative estimate of drug-likeness (QED) is 0.466. The molecule has 2 fully saturated rings. The van der Waals surface area contributed by atoms with Crippen LogP contribution in [0, 0.1) is 0 Å². The molecule has 2 heterocycles. The van der Waals surface area contributed by atoms with E-state index >= 15 is 0 Å². The number of carbonyl (C=O) groups is 2. The minimum Gasteiger partial charge on any atom is -0.497 e. The molecule has 2 saturated heterocycles. The Balaban J connectivity index is 1.85. The molecule has 4 rings (SSSR count). The fourth-order valence-electron chi connectivity index (χ4n) is 4.07. The van der Waals surface area contributed by atoms with E-state index in [0.29, 0.717) is 16.3 Å². The molecule has 2 aromatic rings. The number of nitrogens with zero attached hydrogens (tertiary/aromatic N) is 1. The highest BCUT2D eigenvalue weighted by molar-refractivity contribution is 7.94. The van der Waals surface area contributed by atoms with E-state index in [1.54, 1.807) is 24.3 Å². The summed E-state index contributed by atoms with van der Waals surface area (Å²) in [6, 6.07) is 9.16. The van der Waals surface area contributed by atoms with Gasteiger partial charge in [-0.05, 0) is 36.4 Å². The summed E-state index contributed by atoms with van der Waals surface area (Å²) in [5, 5.41) is 0.422. The van der Waals surface area contributed by atoms with Crippen molar-refractivity contribution in [2.24, 2.45) is 0 Å². The molecular weight excluding hydrogens is 458 g/mol. The molecule has 32 heavy (non-hydrogen) atoms. The van der Waals surface area contributed by atoms with Crippen molar-refractivity contribution in [3.63, 3.8) is 0 Å². The average molecular weight is 478 g/mol. The van der Waals surface area contributed by atoms with Crippen molar-refractivity contribution in [1.82, 2.24) is 4.90 Å². The molecule has 1 unspecified atom stereocenters. The van der Waals surface area contributed by atoms with E-state index in [1.807, 2.05) is 0 Å². The summed E-state index contributed by atoms with van der Waals surface area (Å²) in [6.45, 7) is -0.140. The Morgan fingerprint density at radius 2 is 1.69 bits per heavy atom. The predicted octanol–water partition coefficient (Wildman–Crippen LogP) is 2.73. The van der Waals surface area contributed by atoms with Crippen molar-refractivity contribution in [1.29, 1.82) is 0 Å². The minimum absolute atomic E-state index is 0.0567. The number of carbonyl (C=O) groups excluding carboxylic acids is 2. The van der Waals surface area contributed by atoms with Gasteiger partial charge in [-0.3, -0.25) is 9.59 Å². The maximum atomic E-state index is 13.8. The molecule has 0 N–H and O–H groups in total. The average Bonchev–Trinajstić information content (AvgIpc) is 3.01. The first kappa shape index (κ1) is 22.2. The van der Waals surface area contributed by atoms with Crippen molar-refractivity contribution in [2.45, 2.75) is 16.2 Å². The van der Waals surface area contributed by atoms with Crippen LogP contribution in [0.2, 0.25) is 5.02 Å². The van der Waals surface area contributed by atoms with Crippen LogP contribution in [-0.2, 0) is 19.4 Å². The molecule has 0 saturated carbocycles. The summed E-state index contributed by atoms with van der Waals surface area (Å²) < 4.78 is 43.2. The third kappa shape index (κ3) is 3.07. The van der Waals surface area contributed by atoms with Gasteiger partial charge in [0.15, 0.2) is 0 Å². The molecule has 2 aliphatic heterocycles. The molecule has 8 nitrogen and oxygen atoms in total. The molecule has 0 aromatic heterocycles. The molecule has 1 amide bonds. The predicted molar refractivity (Wildman–Crippen MR) is 117 cm³/mol. The van der Waals surface area contributed by atoms with E-state index < -0.39 is 32.8 Å². The Bertz CT molecular complexity index is 1270. The van der Waals surface area contributed by atoms with Crippen LogP contribution >= 0.6 is 11.6 Å². The monoisotopic (exact) mass is 477 g/mol. The van der Waals surface area contributed by atoms with Crippen LogP contribution in [0.25, 0.3) is 6.08 Å². The Hall–Kier alpha value is -3.04. The Morgan fingerprint density at radius 3 is 2.31 bits per heavy atom. The number of hydrogen-bond donors (Lipinski definition) is 0. The lowest BCUT2D eigenvalue weighted by molar-refractivity contribution is -0.150. The largest absolute Gasteiger partial charge is 0.497 e. The number of amides is 1. The fourth-order valence-corrected chi connectivity index (χ4v) is 6.45. The van der Waals surface area contributed by atoms with Crippen LogP contribution < -0.4 is 14.2 Å². The summed E-state index contributed by atoms with van der Waals surface area (Å²) in [6.07, 6.45) is 1.07. The molecule has 0 spiro atoms. The lowest BCUT2D eigenvalue weighted by Crippen LogP contribution is -2.67. The zero-order chi connectivity index (χ0) is 23.3. The first-order valence-electron chi connectivity index (χ1n) is 9.55. The molecule has 0 radical (unpaired) electrons. The van der Waals surface area contributed by atoms with Crippen LogP contribution in [0.3, 0.4) is 0 Å². The van der Waals surface area contributed by atoms with Gasteiger partial charge in [0.1, 0.15) is 22.1 Å². The van der Waals surface area contributed by atoms with E-state index in [2.05, 4.69) is 0 Å². The highest BCUT2D eigenvalue weighted by atomic mass is 35.5. The first-order valence-corrected chi connectivity index (χ1v) is 11.4. The number of halogens is 1. The topological polar surface area (TPSA) is 99.2 Å². The molecule has 2 aromatic carbocycles. The second-order valence-electron chi connectivity index (χ2n) is 7.35. The van der Waals surface area contributed by atoms with Gasteiger partial charge in [0.2, 0.25) is 26.4 Å². The van der Waals surface area contributed by atoms with Crippen LogP contribution in [-0.4, -0.2) is 57.8 Å². The van der Waals surface area contributed by atoms with Crippen LogP contribution in [0.4, 0.5) is 0 Å². The van der Waals surface area contributed by atoms with Gasteiger partial charge in [-0.15, -0.1) is 0 Å². The molecule has 0 bridgehead atoms. The third-order valence-electron chi connectivity index (χ3n) is 5.73. The minimum atomic E-state index is -4.35. The Labute approximate surface area is 190 Å². The number of rotatable bonds is 6. The summed E-state index contributed by atoms with van der Waals surface area (Å²) in [4.78, 5) is 24.7. The van der Waals surface area contributed by atoms with Gasteiger partial charge in [-0.25, -0.2) is 8.42 Å². The SMILES string of the molecule is COc1ccc(OC)c(S(=O)(=O)C23CC(=O)N2CC(=Cc2cc(Cl)ccc2OC)C3=O)c1. The summed E-state index contributed by atoms with van der Waals surface area (Å²) in [7, 11) is -0.156. The molecular formula is C22H20ClNO7S. The molecule has 2 aliphatic rings.